The number of para-hydroxylation sites is 3. The van der Waals surface area contributed by atoms with Crippen molar-refractivity contribution < 1.29 is 13.9 Å². The molecule has 0 bridgehead atoms. The second kappa shape index (κ2) is 9.53. The molecule has 0 unspecified atom stereocenters. The molecule has 8 heteroatoms. The van der Waals surface area contributed by atoms with Crippen molar-refractivity contribution in [3.8, 4) is 5.75 Å². The number of anilines is 1. The van der Waals surface area contributed by atoms with E-state index in [1.165, 1.54) is 16.3 Å². The van der Waals surface area contributed by atoms with Crippen LogP contribution >= 0.6 is 11.8 Å². The van der Waals surface area contributed by atoms with E-state index < -0.39 is 0 Å². The number of nitrogens with one attached hydrogen (secondary N) is 1. The van der Waals surface area contributed by atoms with Crippen molar-refractivity contribution in [3.05, 3.63) is 83.0 Å². The molecule has 0 spiro atoms. The van der Waals surface area contributed by atoms with Gasteiger partial charge in [0.05, 0.1) is 41.8 Å². The van der Waals surface area contributed by atoms with Gasteiger partial charge in [-0.05, 0) is 43.3 Å². The molecule has 0 radical (unpaired) electrons. The number of amides is 1. The van der Waals surface area contributed by atoms with Gasteiger partial charge in [-0.2, -0.15) is 0 Å². The molecule has 1 amide bonds. The number of ether oxygens (including phenoxy) is 1. The Morgan fingerprint density at radius 3 is 2.74 bits per heavy atom. The number of nitrogens with zero attached hydrogens (tertiary/aromatic N) is 2. The molecule has 4 aromatic rings. The van der Waals surface area contributed by atoms with Crippen molar-refractivity contribution in [3.63, 3.8) is 0 Å². The fraction of sp³-hybridized carbons (Fsp3) is 0.174. The van der Waals surface area contributed by atoms with Crippen molar-refractivity contribution >= 4 is 34.3 Å². The van der Waals surface area contributed by atoms with E-state index >= 15 is 0 Å². The van der Waals surface area contributed by atoms with Gasteiger partial charge in [-0.15, -0.1) is 0 Å². The molecular weight excluding hydrogens is 414 g/mol. The Bertz CT molecular complexity index is 1250. The Balaban J connectivity index is 1.57. The van der Waals surface area contributed by atoms with E-state index in [0.29, 0.717) is 39.9 Å². The number of carbonyl (C=O) groups excluding carboxylic acids is 1. The lowest BCUT2D eigenvalue weighted by Gasteiger charge is -2.13. The zero-order valence-electron chi connectivity index (χ0n) is 16.9. The summed E-state index contributed by atoms with van der Waals surface area (Å²) in [5, 5.41) is 3.84. The first-order valence-electron chi connectivity index (χ1n) is 9.82. The summed E-state index contributed by atoms with van der Waals surface area (Å²) < 4.78 is 12.5. The zero-order chi connectivity index (χ0) is 21.6. The van der Waals surface area contributed by atoms with Crippen LogP contribution in [0.1, 0.15) is 12.7 Å². The molecule has 4 rings (SSSR count). The van der Waals surface area contributed by atoms with Crippen LogP contribution in [0.4, 0.5) is 5.69 Å². The largest absolute Gasteiger partial charge is 0.492 e. The van der Waals surface area contributed by atoms with Crippen LogP contribution in [0.5, 0.6) is 5.75 Å². The molecule has 0 saturated heterocycles. The quantitative estimate of drug-likeness (QED) is 0.330. The van der Waals surface area contributed by atoms with Crippen molar-refractivity contribution in [1.82, 2.24) is 9.55 Å². The summed E-state index contributed by atoms with van der Waals surface area (Å²) in [6, 6.07) is 18.0. The maximum Gasteiger partial charge on any atom is 0.262 e. The minimum Gasteiger partial charge on any atom is -0.492 e. The van der Waals surface area contributed by atoms with Crippen LogP contribution in [0.15, 0.2) is 81.3 Å². The average Bonchev–Trinajstić information content (AvgIpc) is 3.29. The van der Waals surface area contributed by atoms with E-state index in [2.05, 4.69) is 10.3 Å². The molecule has 7 nitrogen and oxygen atoms in total. The van der Waals surface area contributed by atoms with E-state index in [1.807, 2.05) is 25.1 Å². The van der Waals surface area contributed by atoms with E-state index in [9.17, 15) is 9.59 Å². The molecule has 2 heterocycles. The molecule has 31 heavy (non-hydrogen) atoms. The Morgan fingerprint density at radius 1 is 1.13 bits per heavy atom. The average molecular weight is 436 g/mol. The van der Waals surface area contributed by atoms with Gasteiger partial charge in [0.1, 0.15) is 11.5 Å². The predicted octanol–water partition coefficient (Wildman–Crippen LogP) is 4.17. The third kappa shape index (κ3) is 4.80. The molecule has 0 fully saturated rings. The number of benzene rings is 2. The molecule has 0 aliphatic rings. The molecule has 0 saturated carbocycles. The SMILES string of the molecule is CCOc1ccccc1NC(=O)CSc1nc2ccccc2c(=O)n1Cc1ccco1. The molecule has 0 aliphatic heterocycles. The van der Waals surface area contributed by atoms with Gasteiger partial charge in [-0.25, -0.2) is 4.98 Å². The summed E-state index contributed by atoms with van der Waals surface area (Å²) in [5.74, 6) is 1.12. The predicted molar refractivity (Wildman–Crippen MR) is 121 cm³/mol. The number of fused-ring (bicyclic) bond motifs is 1. The first-order chi connectivity index (χ1) is 15.2. The van der Waals surface area contributed by atoms with Crippen molar-refractivity contribution in [1.29, 1.82) is 0 Å². The number of rotatable bonds is 8. The summed E-state index contributed by atoms with van der Waals surface area (Å²) >= 11 is 1.20. The van der Waals surface area contributed by atoms with Gasteiger partial charge in [0.15, 0.2) is 5.16 Å². The molecule has 2 aromatic carbocycles. The standard InChI is InChI=1S/C23H21N3O4S/c1-2-29-20-12-6-5-11-19(20)24-21(27)15-31-23-25-18-10-4-3-9-17(18)22(28)26(23)14-16-8-7-13-30-16/h3-13H,2,14-15H2,1H3,(H,24,27). The lowest BCUT2D eigenvalue weighted by Crippen LogP contribution is -2.24. The second-order valence-corrected chi connectivity index (χ2v) is 7.59. The molecular formula is C23H21N3O4S. The maximum atomic E-state index is 13.1. The van der Waals surface area contributed by atoms with Gasteiger partial charge in [0.2, 0.25) is 5.91 Å². The number of carbonyl (C=O) groups is 1. The summed E-state index contributed by atoms with van der Waals surface area (Å²) in [7, 11) is 0. The highest BCUT2D eigenvalue weighted by molar-refractivity contribution is 7.99. The van der Waals surface area contributed by atoms with Crippen LogP contribution in [-0.4, -0.2) is 27.8 Å². The lowest BCUT2D eigenvalue weighted by atomic mass is 10.2. The molecule has 0 aliphatic carbocycles. The summed E-state index contributed by atoms with van der Waals surface area (Å²) in [5.41, 5.74) is 1.02. The smallest absolute Gasteiger partial charge is 0.262 e. The van der Waals surface area contributed by atoms with Gasteiger partial charge >= 0.3 is 0 Å². The molecule has 158 valence electrons. The minimum atomic E-state index is -0.218. The first kappa shape index (κ1) is 20.7. The molecule has 0 atom stereocenters. The van der Waals surface area contributed by atoms with E-state index in [-0.39, 0.29) is 23.8 Å². The lowest BCUT2D eigenvalue weighted by molar-refractivity contribution is -0.113. The third-order valence-corrected chi connectivity index (χ3v) is 5.49. The fourth-order valence-electron chi connectivity index (χ4n) is 3.12. The van der Waals surface area contributed by atoms with Crippen molar-refractivity contribution in [2.75, 3.05) is 17.7 Å². The van der Waals surface area contributed by atoms with Gasteiger partial charge < -0.3 is 14.5 Å². The number of furan rings is 1. The number of hydrogen-bond donors (Lipinski definition) is 1. The van der Waals surface area contributed by atoms with Gasteiger partial charge in [-0.3, -0.25) is 14.2 Å². The number of thioether (sulfide) groups is 1. The summed E-state index contributed by atoms with van der Waals surface area (Å²) in [6.45, 7) is 2.63. The highest BCUT2D eigenvalue weighted by Gasteiger charge is 2.15. The molecule has 1 N–H and O–H groups in total. The van der Waals surface area contributed by atoms with Crippen LogP contribution < -0.4 is 15.6 Å². The van der Waals surface area contributed by atoms with Crippen LogP contribution in [-0.2, 0) is 11.3 Å². The Kier molecular flexibility index (Phi) is 6.37. The molecule has 2 aromatic heterocycles. The summed E-state index contributed by atoms with van der Waals surface area (Å²) in [6.07, 6.45) is 1.56. The number of hydrogen-bond acceptors (Lipinski definition) is 6. The van der Waals surface area contributed by atoms with Crippen molar-refractivity contribution in [2.45, 2.75) is 18.6 Å². The van der Waals surface area contributed by atoms with E-state index in [1.54, 1.807) is 48.7 Å². The van der Waals surface area contributed by atoms with Crippen molar-refractivity contribution in [2.24, 2.45) is 0 Å². The van der Waals surface area contributed by atoms with Gasteiger partial charge in [0, 0.05) is 0 Å². The third-order valence-electron chi connectivity index (χ3n) is 4.51. The van der Waals surface area contributed by atoms with E-state index in [0.717, 1.165) is 0 Å². The van der Waals surface area contributed by atoms with Gasteiger partial charge in [-0.1, -0.05) is 36.0 Å². The topological polar surface area (TPSA) is 86.4 Å². The summed E-state index contributed by atoms with van der Waals surface area (Å²) in [4.78, 5) is 30.3. The number of aromatic nitrogens is 2. The minimum absolute atomic E-state index is 0.0867. The van der Waals surface area contributed by atoms with Crippen LogP contribution in [0.3, 0.4) is 0 Å². The Morgan fingerprint density at radius 2 is 1.94 bits per heavy atom. The highest BCUT2D eigenvalue weighted by Crippen LogP contribution is 2.25. The monoisotopic (exact) mass is 435 g/mol. The fourth-order valence-corrected chi connectivity index (χ4v) is 3.92. The first-order valence-corrected chi connectivity index (χ1v) is 10.8. The second-order valence-electron chi connectivity index (χ2n) is 6.65. The Labute approximate surface area is 183 Å². The van der Waals surface area contributed by atoms with Crippen LogP contribution in [0.25, 0.3) is 10.9 Å². The highest BCUT2D eigenvalue weighted by atomic mass is 32.2. The van der Waals surface area contributed by atoms with Crippen LogP contribution in [0, 0.1) is 0 Å². The Hall–Kier alpha value is -3.52. The maximum absolute atomic E-state index is 13.1. The van der Waals surface area contributed by atoms with E-state index in [4.69, 9.17) is 9.15 Å². The normalized spacial score (nSPS) is 10.9. The van der Waals surface area contributed by atoms with Gasteiger partial charge in [0.25, 0.3) is 5.56 Å². The van der Waals surface area contributed by atoms with Crippen LogP contribution in [0.2, 0.25) is 0 Å². The zero-order valence-corrected chi connectivity index (χ0v) is 17.7.